The maximum absolute atomic E-state index is 11.3. The third-order valence-corrected chi connectivity index (χ3v) is 5.81. The van der Waals surface area contributed by atoms with Crippen molar-refractivity contribution in [2.24, 2.45) is 0 Å². The number of hydrogen-bond donors (Lipinski definition) is 10. The van der Waals surface area contributed by atoms with Crippen LogP contribution in [0.25, 0.3) is 0 Å². The van der Waals surface area contributed by atoms with Crippen LogP contribution in [0.1, 0.15) is 6.42 Å². The summed E-state index contributed by atoms with van der Waals surface area (Å²) in [5.41, 5.74) is 0. The second-order valence-electron chi connectivity index (χ2n) is 5.69. The summed E-state index contributed by atoms with van der Waals surface area (Å²) < 4.78 is 77.0. The quantitative estimate of drug-likeness (QED) is 0.126. The summed E-state index contributed by atoms with van der Waals surface area (Å²) in [7, 11) is -28.3. The van der Waals surface area contributed by atoms with E-state index < -0.39 is 76.1 Å². The molecule has 1 saturated carbocycles. The summed E-state index contributed by atoms with van der Waals surface area (Å²) in [6.45, 7) is 0. The fraction of sp³-hybridized carbons (Fsp3) is 1.00. The maximum atomic E-state index is 11.3. The van der Waals surface area contributed by atoms with Gasteiger partial charge in [-0.05, 0) is 0 Å². The van der Waals surface area contributed by atoms with Crippen molar-refractivity contribution in [3.63, 3.8) is 0 Å². The molecule has 0 amide bonds. The predicted octanol–water partition coefficient (Wildman–Crippen LogP) is -2.22. The van der Waals surface area contributed by atoms with E-state index >= 15 is 0 Å². The molecule has 0 saturated heterocycles. The van der Waals surface area contributed by atoms with E-state index in [1.807, 2.05) is 0 Å². The van der Waals surface area contributed by atoms with Crippen molar-refractivity contribution < 1.29 is 94.4 Å². The minimum Gasteiger partial charge on any atom is -0.303 e. The Balaban J connectivity index is 3.63. The maximum Gasteiger partial charge on any atom is 0.470 e. The molecule has 4 unspecified atom stereocenters. The van der Waals surface area contributed by atoms with Crippen LogP contribution in [0.5, 0.6) is 0 Å². The summed E-state index contributed by atoms with van der Waals surface area (Å²) in [5.74, 6) is 0. The highest BCUT2D eigenvalue weighted by molar-refractivity contribution is 7.47. The summed E-state index contributed by atoms with van der Waals surface area (Å²) in [6, 6.07) is 0. The van der Waals surface area contributed by atoms with Gasteiger partial charge < -0.3 is 48.9 Å². The minimum atomic E-state index is -5.76. The molecular formula is C6H17O20P5. The van der Waals surface area contributed by atoms with Crippen LogP contribution < -0.4 is 0 Å². The molecule has 0 aromatic rings. The lowest BCUT2D eigenvalue weighted by Crippen LogP contribution is -2.58. The van der Waals surface area contributed by atoms with Gasteiger partial charge in [-0.3, -0.25) is 22.6 Å². The Morgan fingerprint density at radius 2 is 0.645 bits per heavy atom. The normalized spacial score (nSPS) is 29.2. The Morgan fingerprint density at radius 3 is 0.871 bits per heavy atom. The highest BCUT2D eigenvalue weighted by Gasteiger charge is 2.56. The molecule has 1 rings (SSSR count). The van der Waals surface area contributed by atoms with E-state index in [0.717, 1.165) is 0 Å². The zero-order valence-electron chi connectivity index (χ0n) is 14.4. The molecule has 0 heterocycles. The van der Waals surface area contributed by atoms with Gasteiger partial charge in [0.25, 0.3) is 0 Å². The summed E-state index contributed by atoms with van der Waals surface area (Å²) in [5, 5.41) is 0. The van der Waals surface area contributed by atoms with E-state index in [9.17, 15) is 22.8 Å². The van der Waals surface area contributed by atoms with E-state index in [4.69, 9.17) is 48.9 Å². The lowest BCUT2D eigenvalue weighted by molar-refractivity contribution is -0.158. The van der Waals surface area contributed by atoms with Crippen LogP contribution >= 0.6 is 39.1 Å². The first kappa shape index (κ1) is 29.6. The largest absolute Gasteiger partial charge is 0.470 e. The Hall–Kier alpha value is 0.550. The third-order valence-electron chi connectivity index (χ3n) is 3.17. The topological polar surface area (TPSA) is 334 Å². The van der Waals surface area contributed by atoms with Crippen molar-refractivity contribution >= 4 is 39.1 Å². The van der Waals surface area contributed by atoms with E-state index in [-0.39, 0.29) is 0 Å². The summed E-state index contributed by atoms with van der Waals surface area (Å²) >= 11 is 0. The van der Waals surface area contributed by atoms with Crippen LogP contribution in [0, 0.1) is 0 Å². The van der Waals surface area contributed by atoms with Crippen LogP contribution in [0.15, 0.2) is 0 Å². The number of phosphoric ester groups is 5. The predicted molar refractivity (Wildman–Crippen MR) is 89.2 cm³/mol. The van der Waals surface area contributed by atoms with Crippen LogP contribution in [-0.2, 0) is 45.4 Å². The minimum absolute atomic E-state index is 1.24. The molecule has 0 bridgehead atoms. The van der Waals surface area contributed by atoms with Gasteiger partial charge in [-0.1, -0.05) is 0 Å². The highest BCUT2D eigenvalue weighted by atomic mass is 31.2. The molecule has 10 N–H and O–H groups in total. The first-order valence-corrected chi connectivity index (χ1v) is 14.8. The molecule has 0 aromatic heterocycles. The smallest absolute Gasteiger partial charge is 0.303 e. The van der Waals surface area contributed by atoms with Gasteiger partial charge in [0, 0.05) is 6.42 Å². The monoisotopic (exact) mass is 564 g/mol. The van der Waals surface area contributed by atoms with Gasteiger partial charge in [0.05, 0.1) is 0 Å². The molecule has 1 fully saturated rings. The Labute approximate surface area is 171 Å². The van der Waals surface area contributed by atoms with Crippen LogP contribution in [0.3, 0.4) is 0 Å². The van der Waals surface area contributed by atoms with Gasteiger partial charge in [-0.15, -0.1) is 0 Å². The Bertz CT molecular complexity index is 795. The first-order valence-electron chi connectivity index (χ1n) is 7.15. The van der Waals surface area contributed by atoms with Gasteiger partial charge in [-0.25, -0.2) is 22.8 Å². The van der Waals surface area contributed by atoms with Gasteiger partial charge in [-0.2, -0.15) is 0 Å². The molecule has 186 valence electrons. The molecule has 25 heteroatoms. The highest BCUT2D eigenvalue weighted by Crippen LogP contribution is 2.54. The molecule has 1 aliphatic carbocycles. The van der Waals surface area contributed by atoms with Crippen LogP contribution in [0.4, 0.5) is 0 Å². The van der Waals surface area contributed by atoms with Gasteiger partial charge >= 0.3 is 39.1 Å². The Morgan fingerprint density at radius 1 is 0.419 bits per heavy atom. The molecular weight excluding hydrogens is 547 g/mol. The molecule has 20 nitrogen and oxygen atoms in total. The average molecular weight is 564 g/mol. The van der Waals surface area contributed by atoms with Crippen LogP contribution in [0.2, 0.25) is 0 Å². The van der Waals surface area contributed by atoms with Crippen molar-refractivity contribution in [2.45, 2.75) is 36.9 Å². The van der Waals surface area contributed by atoms with Gasteiger partial charge in [0.1, 0.15) is 30.5 Å². The second kappa shape index (κ2) is 10.0. The van der Waals surface area contributed by atoms with Gasteiger partial charge in [0.15, 0.2) is 0 Å². The number of phosphoric acid groups is 5. The third kappa shape index (κ3) is 12.0. The fourth-order valence-corrected chi connectivity index (χ4v) is 5.34. The van der Waals surface area contributed by atoms with Crippen LogP contribution in [-0.4, -0.2) is 79.5 Å². The molecule has 4 atom stereocenters. The molecule has 0 radical (unpaired) electrons. The fourth-order valence-electron chi connectivity index (χ4n) is 2.52. The molecule has 1 aliphatic rings. The zero-order chi connectivity index (χ0) is 24.6. The van der Waals surface area contributed by atoms with E-state index in [2.05, 4.69) is 22.6 Å². The van der Waals surface area contributed by atoms with E-state index in [1.165, 1.54) is 0 Å². The van der Waals surface area contributed by atoms with Crippen molar-refractivity contribution in [2.75, 3.05) is 0 Å². The van der Waals surface area contributed by atoms with Crippen molar-refractivity contribution in [3.05, 3.63) is 0 Å². The molecule has 0 aliphatic heterocycles. The average Bonchev–Trinajstić information content (AvgIpc) is 2.39. The summed E-state index contributed by atoms with van der Waals surface area (Å²) in [6.07, 6.45) is -14.0. The molecule has 0 aromatic carbocycles. The zero-order valence-corrected chi connectivity index (χ0v) is 18.9. The van der Waals surface area contributed by atoms with E-state index in [0.29, 0.717) is 0 Å². The number of rotatable bonds is 10. The number of hydrogen-bond acceptors (Lipinski definition) is 10. The summed E-state index contributed by atoms with van der Waals surface area (Å²) in [4.78, 5) is 90.0. The Kier molecular flexibility index (Phi) is 9.58. The lowest BCUT2D eigenvalue weighted by atomic mass is 9.87. The standard InChI is InChI=1S/C6H17O20P5/c7-27(8,9)22-2-1-3(23-28(10,11)12)5(25-30(16,17)18)6(26-31(19,20)21)4(2)24-29(13,14)15/h2-6H,1H2,(H2,7,8,9)(H2,10,11,12)(H2,13,14,15)(H2,16,17,18)(H2,19,20,21). The lowest BCUT2D eigenvalue weighted by Gasteiger charge is -2.44. The first-order chi connectivity index (χ1) is 13.5. The molecule has 0 spiro atoms. The van der Waals surface area contributed by atoms with Crippen molar-refractivity contribution in [1.82, 2.24) is 0 Å². The second-order valence-corrected chi connectivity index (χ2v) is 11.6. The van der Waals surface area contributed by atoms with Crippen molar-refractivity contribution in [1.29, 1.82) is 0 Å². The molecule has 31 heavy (non-hydrogen) atoms. The van der Waals surface area contributed by atoms with Crippen molar-refractivity contribution in [3.8, 4) is 0 Å². The van der Waals surface area contributed by atoms with E-state index in [1.54, 1.807) is 0 Å². The SMILES string of the molecule is O=P(O)(O)OC1CC(OP(=O)(O)O)C(OP(=O)(O)O)C(OP(=O)(O)O)C1OP(=O)(O)O. The van der Waals surface area contributed by atoms with Gasteiger partial charge in [0.2, 0.25) is 0 Å².